The van der Waals surface area contributed by atoms with Crippen molar-refractivity contribution >= 4 is 21.8 Å². The van der Waals surface area contributed by atoms with Crippen molar-refractivity contribution in [2.24, 2.45) is 7.05 Å². The summed E-state index contributed by atoms with van der Waals surface area (Å²) in [5.74, 6) is -0.0552. The number of aromatic nitrogens is 3. The van der Waals surface area contributed by atoms with Gasteiger partial charge in [-0.05, 0) is 41.9 Å². The van der Waals surface area contributed by atoms with Gasteiger partial charge in [0.1, 0.15) is 5.69 Å². The summed E-state index contributed by atoms with van der Waals surface area (Å²) < 4.78 is 4.64. The van der Waals surface area contributed by atoms with Gasteiger partial charge in [0.2, 0.25) is 0 Å². The third-order valence-corrected chi connectivity index (χ3v) is 3.47. The number of carbonyl (C=O) groups excluding carboxylic acids is 1. The van der Waals surface area contributed by atoms with Crippen LogP contribution in [0.2, 0.25) is 0 Å². The number of halogens is 1. The Morgan fingerprint density at radius 1 is 1.50 bits per heavy atom. The first-order valence-corrected chi connectivity index (χ1v) is 7.40. The minimum Gasteiger partial charge on any atom is -0.350 e. The molecule has 1 N–H and O–H groups in total. The molecular weight excluding hydrogens is 320 g/mol. The molecule has 5 nitrogen and oxygen atoms in total. The molecule has 108 valence electrons. The number of hydrogen-bond acceptors (Lipinski definition) is 2. The summed E-state index contributed by atoms with van der Waals surface area (Å²) in [5, 5.41) is 7.22. The highest BCUT2D eigenvalue weighted by Gasteiger charge is 2.14. The summed E-state index contributed by atoms with van der Waals surface area (Å²) in [6, 6.07) is 4.05. The summed E-state index contributed by atoms with van der Waals surface area (Å²) in [7, 11) is 1.88. The van der Waals surface area contributed by atoms with Crippen LogP contribution in [0.15, 0.2) is 29.0 Å². The number of nitrogens with zero attached hydrogens (tertiary/aromatic N) is 3. The first-order chi connectivity index (χ1) is 9.47. The van der Waals surface area contributed by atoms with Crippen LogP contribution in [0.25, 0.3) is 0 Å². The molecular formula is C14H19BrN4O. The fourth-order valence-corrected chi connectivity index (χ4v) is 2.48. The van der Waals surface area contributed by atoms with E-state index in [-0.39, 0.29) is 11.9 Å². The van der Waals surface area contributed by atoms with Crippen molar-refractivity contribution in [2.75, 3.05) is 6.54 Å². The van der Waals surface area contributed by atoms with Gasteiger partial charge in [0.05, 0.1) is 5.69 Å². The second kappa shape index (κ2) is 6.26. The lowest BCUT2D eigenvalue weighted by Crippen LogP contribution is -2.28. The van der Waals surface area contributed by atoms with Crippen LogP contribution in [0, 0.1) is 0 Å². The van der Waals surface area contributed by atoms with E-state index >= 15 is 0 Å². The van der Waals surface area contributed by atoms with Crippen molar-refractivity contribution in [1.82, 2.24) is 19.7 Å². The molecule has 2 aromatic rings. The smallest absolute Gasteiger partial charge is 0.267 e. The van der Waals surface area contributed by atoms with Gasteiger partial charge >= 0.3 is 0 Å². The molecule has 0 atom stereocenters. The van der Waals surface area contributed by atoms with Gasteiger partial charge in [0.25, 0.3) is 5.91 Å². The van der Waals surface area contributed by atoms with Crippen molar-refractivity contribution in [3.8, 4) is 0 Å². The van der Waals surface area contributed by atoms with Crippen molar-refractivity contribution in [3.05, 3.63) is 40.4 Å². The molecule has 0 bridgehead atoms. The van der Waals surface area contributed by atoms with E-state index in [2.05, 4.69) is 40.2 Å². The highest BCUT2D eigenvalue weighted by molar-refractivity contribution is 9.10. The molecule has 0 radical (unpaired) electrons. The number of rotatable bonds is 5. The molecule has 0 aromatic carbocycles. The van der Waals surface area contributed by atoms with E-state index in [1.807, 2.05) is 36.1 Å². The predicted molar refractivity (Wildman–Crippen MR) is 81.8 cm³/mol. The maximum atomic E-state index is 12.2. The van der Waals surface area contributed by atoms with Gasteiger partial charge in [0, 0.05) is 42.9 Å². The quantitative estimate of drug-likeness (QED) is 0.910. The number of aryl methyl sites for hydroxylation is 1. The van der Waals surface area contributed by atoms with Gasteiger partial charge in [-0.25, -0.2) is 0 Å². The summed E-state index contributed by atoms with van der Waals surface area (Å²) in [4.78, 5) is 12.2. The molecule has 0 aliphatic heterocycles. The van der Waals surface area contributed by atoms with E-state index in [4.69, 9.17) is 0 Å². The van der Waals surface area contributed by atoms with E-state index in [0.29, 0.717) is 12.2 Å². The van der Waals surface area contributed by atoms with Gasteiger partial charge in [-0.3, -0.25) is 9.48 Å². The Labute approximate surface area is 127 Å². The fourth-order valence-electron chi connectivity index (χ4n) is 2.05. The van der Waals surface area contributed by atoms with Gasteiger partial charge in [-0.15, -0.1) is 0 Å². The van der Waals surface area contributed by atoms with Crippen LogP contribution in [-0.2, 0) is 13.5 Å². The van der Waals surface area contributed by atoms with Crippen LogP contribution in [-0.4, -0.2) is 26.8 Å². The maximum absolute atomic E-state index is 12.2. The zero-order valence-electron chi connectivity index (χ0n) is 11.9. The zero-order valence-corrected chi connectivity index (χ0v) is 13.5. The Morgan fingerprint density at radius 2 is 2.25 bits per heavy atom. The zero-order chi connectivity index (χ0) is 14.7. The molecule has 2 heterocycles. The maximum Gasteiger partial charge on any atom is 0.267 e. The second-order valence-corrected chi connectivity index (χ2v) is 5.95. The van der Waals surface area contributed by atoms with Gasteiger partial charge in [0.15, 0.2) is 0 Å². The molecule has 2 rings (SSSR count). The predicted octanol–water partition coefficient (Wildman–Crippen LogP) is 2.54. The molecule has 6 heteroatoms. The average Bonchev–Trinajstić information content (AvgIpc) is 2.95. The average molecular weight is 339 g/mol. The van der Waals surface area contributed by atoms with Crippen molar-refractivity contribution in [3.63, 3.8) is 0 Å². The number of hydrogen-bond donors (Lipinski definition) is 1. The Hall–Kier alpha value is -1.56. The van der Waals surface area contributed by atoms with Crippen LogP contribution in [0.3, 0.4) is 0 Å². The van der Waals surface area contributed by atoms with E-state index in [9.17, 15) is 4.79 Å². The van der Waals surface area contributed by atoms with Crippen LogP contribution in [0.5, 0.6) is 0 Å². The third kappa shape index (κ3) is 3.50. The highest BCUT2D eigenvalue weighted by atomic mass is 79.9. The Morgan fingerprint density at radius 3 is 2.85 bits per heavy atom. The van der Waals surface area contributed by atoms with Gasteiger partial charge in [-0.1, -0.05) is 0 Å². The van der Waals surface area contributed by atoms with Crippen LogP contribution < -0.4 is 5.32 Å². The Kier molecular flexibility index (Phi) is 4.65. The lowest BCUT2D eigenvalue weighted by molar-refractivity contribution is 0.0943. The van der Waals surface area contributed by atoms with Gasteiger partial charge in [-0.2, -0.15) is 5.10 Å². The molecule has 0 fully saturated rings. The highest BCUT2D eigenvalue weighted by Crippen LogP contribution is 2.19. The van der Waals surface area contributed by atoms with Crippen molar-refractivity contribution < 1.29 is 4.79 Å². The molecule has 0 spiro atoms. The summed E-state index contributed by atoms with van der Waals surface area (Å²) in [6.45, 7) is 4.69. The molecule has 0 unspecified atom stereocenters. The number of carbonyl (C=O) groups is 1. The molecule has 0 saturated carbocycles. The third-order valence-electron chi connectivity index (χ3n) is 3.04. The lowest BCUT2D eigenvalue weighted by atomic mass is 10.3. The monoisotopic (exact) mass is 338 g/mol. The molecule has 2 aromatic heterocycles. The van der Waals surface area contributed by atoms with Crippen LogP contribution in [0.4, 0.5) is 0 Å². The number of amides is 1. The molecule has 0 aliphatic carbocycles. The van der Waals surface area contributed by atoms with E-state index in [1.54, 1.807) is 4.68 Å². The van der Waals surface area contributed by atoms with E-state index < -0.39 is 0 Å². The summed E-state index contributed by atoms with van der Waals surface area (Å²) in [6.07, 6.45) is 4.56. The van der Waals surface area contributed by atoms with E-state index in [0.717, 1.165) is 16.6 Å². The standard InChI is InChI=1S/C14H19BrN4O/c1-10(2)19-9-11(15)8-13(19)14(20)16-6-4-12-5-7-18(3)17-12/h5,7-10H,4,6H2,1-3H3,(H,16,20). The first-order valence-electron chi connectivity index (χ1n) is 6.61. The molecule has 20 heavy (non-hydrogen) atoms. The normalized spacial score (nSPS) is 11.1. The van der Waals surface area contributed by atoms with Crippen LogP contribution >= 0.6 is 15.9 Å². The largest absolute Gasteiger partial charge is 0.350 e. The first kappa shape index (κ1) is 14.8. The Bertz CT molecular complexity index is 600. The lowest BCUT2D eigenvalue weighted by Gasteiger charge is -2.12. The van der Waals surface area contributed by atoms with Crippen molar-refractivity contribution in [2.45, 2.75) is 26.3 Å². The number of nitrogens with one attached hydrogen (secondary N) is 1. The Balaban J connectivity index is 1.95. The second-order valence-electron chi connectivity index (χ2n) is 5.03. The molecule has 0 aliphatic rings. The minimum absolute atomic E-state index is 0.0552. The SMILES string of the molecule is CC(C)n1cc(Br)cc1C(=O)NCCc1ccn(C)n1. The molecule has 0 saturated heterocycles. The topological polar surface area (TPSA) is 51.9 Å². The van der Waals surface area contributed by atoms with E-state index in [1.165, 1.54) is 0 Å². The van der Waals surface area contributed by atoms with Crippen molar-refractivity contribution in [1.29, 1.82) is 0 Å². The fraction of sp³-hybridized carbons (Fsp3) is 0.429. The minimum atomic E-state index is -0.0552. The summed E-state index contributed by atoms with van der Waals surface area (Å²) in [5.41, 5.74) is 1.65. The van der Waals surface area contributed by atoms with Gasteiger partial charge < -0.3 is 9.88 Å². The molecule has 1 amide bonds. The van der Waals surface area contributed by atoms with Crippen LogP contribution in [0.1, 0.15) is 36.1 Å². The summed E-state index contributed by atoms with van der Waals surface area (Å²) >= 11 is 3.41.